The van der Waals surface area contributed by atoms with Crippen LogP contribution in [0.25, 0.3) is 0 Å². The predicted octanol–water partition coefficient (Wildman–Crippen LogP) is 10.5. The molecule has 206 valence electrons. The van der Waals surface area contributed by atoms with Gasteiger partial charge in [0.05, 0.1) is 11.5 Å². The number of hydrogen-bond donors (Lipinski definition) is 0. The fourth-order valence-electron chi connectivity index (χ4n) is 7.06. The van der Waals surface area contributed by atoms with Gasteiger partial charge in [0.15, 0.2) is 0 Å². The minimum Gasteiger partial charge on any atom is -0.547 e. The maximum Gasteiger partial charge on any atom is 0.250 e. The Labute approximate surface area is 226 Å². The molecule has 4 heteroatoms. The molecule has 0 N–H and O–H groups in total. The van der Waals surface area contributed by atoms with E-state index in [4.69, 9.17) is 8.85 Å². The number of allylic oxidation sites excluding steroid dienone is 4. The standard InChI is InChI=1S/C32H58O2Si2/c1-31(2,3)35(7,8)33-29-21-23(25-15-11-13-17-27(25)29)19-20-24-22-30(28-18-14-12-16-26(24)28)34-36(9,10)32(4,5)6/h21-28H,11-20H2,1-10H3. The number of fused-ring (bicyclic) bond motifs is 2. The van der Waals surface area contributed by atoms with E-state index >= 15 is 0 Å². The molecule has 0 radical (unpaired) electrons. The van der Waals surface area contributed by atoms with Crippen LogP contribution in [0.4, 0.5) is 0 Å². The molecule has 0 aromatic heterocycles. The molecule has 0 aromatic rings. The summed E-state index contributed by atoms with van der Waals surface area (Å²) in [6, 6.07) is 0. The van der Waals surface area contributed by atoms with Gasteiger partial charge in [0.2, 0.25) is 16.6 Å². The molecule has 36 heavy (non-hydrogen) atoms. The lowest BCUT2D eigenvalue weighted by Crippen LogP contribution is -2.41. The second-order valence-corrected chi connectivity index (χ2v) is 25.3. The van der Waals surface area contributed by atoms with Crippen molar-refractivity contribution >= 4 is 16.6 Å². The minimum atomic E-state index is -1.79. The molecular formula is C32H58O2Si2. The van der Waals surface area contributed by atoms with Crippen LogP contribution in [-0.2, 0) is 8.85 Å². The Bertz CT molecular complexity index is 771. The number of hydrogen-bond acceptors (Lipinski definition) is 2. The van der Waals surface area contributed by atoms with E-state index < -0.39 is 16.6 Å². The maximum atomic E-state index is 7.00. The zero-order valence-corrected chi connectivity index (χ0v) is 27.5. The van der Waals surface area contributed by atoms with Gasteiger partial charge in [0.1, 0.15) is 0 Å². The largest absolute Gasteiger partial charge is 0.547 e. The molecule has 6 atom stereocenters. The van der Waals surface area contributed by atoms with Gasteiger partial charge in [-0.05, 0) is 111 Å². The molecule has 0 spiro atoms. The van der Waals surface area contributed by atoms with E-state index in [9.17, 15) is 0 Å². The molecule has 0 saturated heterocycles. The average molecular weight is 531 g/mol. The van der Waals surface area contributed by atoms with Gasteiger partial charge >= 0.3 is 0 Å². The van der Waals surface area contributed by atoms with Gasteiger partial charge in [-0.25, -0.2) is 0 Å². The monoisotopic (exact) mass is 530 g/mol. The first kappa shape index (κ1) is 28.5. The molecule has 0 bridgehead atoms. The highest BCUT2D eigenvalue weighted by atomic mass is 28.4. The lowest BCUT2D eigenvalue weighted by Gasteiger charge is -2.40. The van der Waals surface area contributed by atoms with E-state index in [1.54, 1.807) is 0 Å². The van der Waals surface area contributed by atoms with Crippen molar-refractivity contribution in [3.05, 3.63) is 23.7 Å². The third-order valence-corrected chi connectivity index (χ3v) is 20.1. The van der Waals surface area contributed by atoms with E-state index in [0.717, 1.165) is 23.7 Å². The molecule has 0 aliphatic heterocycles. The van der Waals surface area contributed by atoms with Crippen molar-refractivity contribution in [3.63, 3.8) is 0 Å². The fourth-order valence-corrected chi connectivity index (χ4v) is 9.29. The molecule has 0 amide bonds. The predicted molar refractivity (Wildman–Crippen MR) is 160 cm³/mol. The van der Waals surface area contributed by atoms with Gasteiger partial charge in [-0.3, -0.25) is 0 Å². The molecule has 4 aliphatic carbocycles. The third-order valence-electron chi connectivity index (χ3n) is 11.4. The Morgan fingerprint density at radius 1 is 0.611 bits per heavy atom. The first-order valence-electron chi connectivity index (χ1n) is 15.4. The van der Waals surface area contributed by atoms with Crippen molar-refractivity contribution in [2.45, 2.75) is 142 Å². The Morgan fingerprint density at radius 2 is 0.944 bits per heavy atom. The molecular weight excluding hydrogens is 473 g/mol. The van der Waals surface area contributed by atoms with Crippen LogP contribution < -0.4 is 0 Å². The van der Waals surface area contributed by atoms with Crippen molar-refractivity contribution in [2.75, 3.05) is 0 Å². The summed E-state index contributed by atoms with van der Waals surface area (Å²) < 4.78 is 14.0. The molecule has 0 heterocycles. The van der Waals surface area contributed by atoms with Gasteiger partial charge in [0.25, 0.3) is 0 Å². The summed E-state index contributed by atoms with van der Waals surface area (Å²) in [6.07, 6.45) is 19.0. The van der Waals surface area contributed by atoms with Crippen molar-refractivity contribution in [3.8, 4) is 0 Å². The summed E-state index contributed by atoms with van der Waals surface area (Å²) in [5, 5.41) is 0.530. The average Bonchev–Trinajstić information content (AvgIpc) is 3.28. The Hall–Kier alpha value is -0.486. The lowest BCUT2D eigenvalue weighted by molar-refractivity contribution is 0.173. The maximum absolute atomic E-state index is 7.00. The highest BCUT2D eigenvalue weighted by Gasteiger charge is 2.47. The molecule has 2 nitrogen and oxygen atoms in total. The summed E-state index contributed by atoms with van der Waals surface area (Å²) in [6.45, 7) is 24.0. The van der Waals surface area contributed by atoms with Gasteiger partial charge in [-0.15, -0.1) is 0 Å². The molecule has 4 aliphatic rings. The van der Waals surface area contributed by atoms with Gasteiger partial charge in [0, 0.05) is 11.8 Å². The van der Waals surface area contributed by atoms with Crippen molar-refractivity contribution in [1.29, 1.82) is 0 Å². The summed E-state index contributed by atoms with van der Waals surface area (Å²) >= 11 is 0. The van der Waals surface area contributed by atoms with Crippen LogP contribution in [0.1, 0.15) is 106 Å². The van der Waals surface area contributed by atoms with E-state index in [-0.39, 0.29) is 10.1 Å². The quantitative estimate of drug-likeness (QED) is 0.305. The van der Waals surface area contributed by atoms with Crippen LogP contribution in [-0.4, -0.2) is 16.6 Å². The van der Waals surface area contributed by atoms with Crippen LogP contribution in [0.2, 0.25) is 36.3 Å². The van der Waals surface area contributed by atoms with Crippen LogP contribution >= 0.6 is 0 Å². The summed E-state index contributed by atoms with van der Waals surface area (Å²) in [5.41, 5.74) is 0. The van der Waals surface area contributed by atoms with E-state index in [1.165, 1.54) is 75.7 Å². The van der Waals surface area contributed by atoms with Gasteiger partial charge < -0.3 is 8.85 Å². The first-order chi connectivity index (χ1) is 16.6. The molecule has 0 aromatic carbocycles. The summed E-state index contributed by atoms with van der Waals surface area (Å²) in [5.74, 6) is 7.27. The van der Waals surface area contributed by atoms with Crippen molar-refractivity contribution in [2.24, 2.45) is 35.5 Å². The normalized spacial score (nSPS) is 33.5. The second kappa shape index (κ2) is 10.2. The fraction of sp³-hybridized carbons (Fsp3) is 0.875. The summed E-state index contributed by atoms with van der Waals surface area (Å²) in [4.78, 5) is 0. The van der Waals surface area contributed by atoms with Gasteiger partial charge in [-0.2, -0.15) is 0 Å². The Balaban J connectivity index is 1.48. The third kappa shape index (κ3) is 5.75. The van der Waals surface area contributed by atoms with Crippen LogP contribution in [0.3, 0.4) is 0 Å². The van der Waals surface area contributed by atoms with Crippen LogP contribution in [0.15, 0.2) is 23.7 Å². The number of rotatable bonds is 7. The molecule has 6 unspecified atom stereocenters. The van der Waals surface area contributed by atoms with Crippen molar-refractivity contribution in [1.82, 2.24) is 0 Å². The zero-order chi connectivity index (χ0) is 26.5. The highest BCUT2D eigenvalue weighted by Crippen LogP contribution is 2.53. The van der Waals surface area contributed by atoms with E-state index in [1.807, 2.05) is 0 Å². The van der Waals surface area contributed by atoms with Crippen molar-refractivity contribution < 1.29 is 8.85 Å². The van der Waals surface area contributed by atoms with Gasteiger partial charge in [-0.1, -0.05) is 67.2 Å². The lowest BCUT2D eigenvalue weighted by atomic mass is 9.72. The molecule has 2 fully saturated rings. The topological polar surface area (TPSA) is 18.5 Å². The second-order valence-electron chi connectivity index (χ2n) is 15.9. The zero-order valence-electron chi connectivity index (χ0n) is 25.5. The van der Waals surface area contributed by atoms with Crippen LogP contribution in [0.5, 0.6) is 0 Å². The first-order valence-corrected chi connectivity index (χ1v) is 21.2. The molecule has 2 saturated carbocycles. The summed E-state index contributed by atoms with van der Waals surface area (Å²) in [7, 11) is -3.57. The highest BCUT2D eigenvalue weighted by molar-refractivity contribution is 6.74. The van der Waals surface area contributed by atoms with Crippen LogP contribution in [0, 0.1) is 35.5 Å². The Kier molecular flexibility index (Phi) is 8.12. The molecule has 4 rings (SSSR count). The smallest absolute Gasteiger partial charge is 0.250 e. The Morgan fingerprint density at radius 3 is 1.28 bits per heavy atom. The SMILES string of the molecule is CC(C)(C)[Si](C)(C)OC1=CC(CCC2C=C(O[Si](C)(C)C(C)(C)C)C3CCCCC23)C2CCCCC12. The van der Waals surface area contributed by atoms with E-state index in [2.05, 4.69) is 79.9 Å². The minimum absolute atomic E-state index is 0.265. The van der Waals surface area contributed by atoms with E-state index in [0.29, 0.717) is 11.8 Å².